The molecule has 28 heavy (non-hydrogen) atoms. The third-order valence-corrected chi connectivity index (χ3v) is 8.52. The fourth-order valence-electron chi connectivity index (χ4n) is 4.88. The van der Waals surface area contributed by atoms with E-state index in [1.807, 2.05) is 11.8 Å². The van der Waals surface area contributed by atoms with Crippen molar-refractivity contribution in [2.24, 2.45) is 11.8 Å². The molecule has 154 valence electrons. The number of sulfonamides is 1. The van der Waals surface area contributed by atoms with Crippen molar-refractivity contribution in [2.45, 2.75) is 43.9 Å². The molecule has 2 heterocycles. The van der Waals surface area contributed by atoms with E-state index in [1.165, 1.54) is 30.0 Å². The van der Waals surface area contributed by atoms with E-state index < -0.39 is 10.0 Å². The van der Waals surface area contributed by atoms with Gasteiger partial charge in [0.25, 0.3) is 5.91 Å². The third kappa shape index (κ3) is 3.84. The molecule has 0 aromatic heterocycles. The summed E-state index contributed by atoms with van der Waals surface area (Å²) >= 11 is 0. The number of ether oxygens (including phenoxy) is 1. The van der Waals surface area contributed by atoms with Gasteiger partial charge < -0.3 is 9.64 Å². The van der Waals surface area contributed by atoms with Crippen LogP contribution in [0.3, 0.4) is 0 Å². The van der Waals surface area contributed by atoms with Crippen molar-refractivity contribution in [3.05, 3.63) is 29.3 Å². The van der Waals surface area contributed by atoms with Crippen LogP contribution in [-0.2, 0) is 14.8 Å². The molecule has 1 aliphatic carbocycles. The Kier molecular flexibility index (Phi) is 5.76. The number of hydrogen-bond acceptors (Lipinski definition) is 4. The Hall–Kier alpha value is -1.44. The van der Waals surface area contributed by atoms with Gasteiger partial charge in [0.1, 0.15) is 0 Å². The number of benzene rings is 1. The molecule has 7 heteroatoms. The molecule has 1 aromatic carbocycles. The van der Waals surface area contributed by atoms with Gasteiger partial charge in [-0.2, -0.15) is 4.31 Å². The monoisotopic (exact) mass is 406 g/mol. The number of morpholine rings is 1. The van der Waals surface area contributed by atoms with E-state index >= 15 is 0 Å². The summed E-state index contributed by atoms with van der Waals surface area (Å²) in [7, 11) is -3.60. The molecule has 2 atom stereocenters. The molecule has 6 nitrogen and oxygen atoms in total. The molecule has 1 aromatic rings. The molecule has 0 N–H and O–H groups in total. The SMILES string of the molecule is Cc1ccc(S(=O)(=O)N2CCOCC2)cc1C(=O)N1CC[C@@H]2CCCC[C@@H]2C1. The molecule has 0 unspecified atom stereocenters. The molecule has 3 aliphatic rings. The Balaban J connectivity index is 1.56. The maximum absolute atomic E-state index is 13.2. The number of fused-ring (bicyclic) bond motifs is 1. The number of carbonyl (C=O) groups is 1. The molecule has 2 saturated heterocycles. The lowest BCUT2D eigenvalue weighted by Crippen LogP contribution is -2.45. The number of rotatable bonds is 3. The van der Waals surface area contributed by atoms with Crippen LogP contribution in [0.4, 0.5) is 0 Å². The minimum Gasteiger partial charge on any atom is -0.379 e. The van der Waals surface area contributed by atoms with Gasteiger partial charge in [-0.25, -0.2) is 8.42 Å². The fourth-order valence-corrected chi connectivity index (χ4v) is 6.32. The number of carbonyl (C=O) groups excluding carboxylic acids is 1. The average Bonchev–Trinajstić information content (AvgIpc) is 2.73. The van der Waals surface area contributed by atoms with E-state index in [4.69, 9.17) is 4.74 Å². The van der Waals surface area contributed by atoms with Crippen LogP contribution in [0.25, 0.3) is 0 Å². The van der Waals surface area contributed by atoms with Gasteiger partial charge in [-0.15, -0.1) is 0 Å². The Morgan fingerprint density at radius 3 is 2.50 bits per heavy atom. The summed E-state index contributed by atoms with van der Waals surface area (Å²) in [6.45, 7) is 5.00. The van der Waals surface area contributed by atoms with Gasteiger partial charge in [-0.05, 0) is 49.3 Å². The quantitative estimate of drug-likeness (QED) is 0.774. The molecule has 1 saturated carbocycles. The van der Waals surface area contributed by atoms with Crippen molar-refractivity contribution < 1.29 is 17.9 Å². The zero-order valence-electron chi connectivity index (χ0n) is 16.6. The van der Waals surface area contributed by atoms with E-state index in [0.29, 0.717) is 37.8 Å². The second-order valence-electron chi connectivity index (χ2n) is 8.34. The molecular weight excluding hydrogens is 376 g/mol. The maximum Gasteiger partial charge on any atom is 0.254 e. The highest BCUT2D eigenvalue weighted by Crippen LogP contribution is 2.36. The van der Waals surface area contributed by atoms with Crippen LogP contribution in [0.5, 0.6) is 0 Å². The normalized spacial score (nSPS) is 26.7. The Labute approximate surface area is 167 Å². The zero-order valence-corrected chi connectivity index (χ0v) is 17.4. The lowest BCUT2D eigenvalue weighted by atomic mass is 9.75. The Morgan fingerprint density at radius 2 is 1.75 bits per heavy atom. The standard InChI is InChI=1S/C21H30N2O4S/c1-16-6-7-19(28(25,26)23-10-12-27-13-11-23)14-20(16)21(24)22-9-8-17-4-2-3-5-18(17)15-22/h6-7,14,17-18H,2-5,8-13,15H2,1H3/t17-,18+/m0/s1. The van der Waals surface area contributed by atoms with Gasteiger partial charge in [0.05, 0.1) is 18.1 Å². The lowest BCUT2D eigenvalue weighted by molar-refractivity contribution is 0.0520. The molecule has 0 spiro atoms. The number of piperidine rings is 1. The number of amides is 1. The first-order valence-electron chi connectivity index (χ1n) is 10.4. The predicted molar refractivity (Wildman–Crippen MR) is 107 cm³/mol. The van der Waals surface area contributed by atoms with Crippen LogP contribution in [0.15, 0.2) is 23.1 Å². The van der Waals surface area contributed by atoms with Gasteiger partial charge in [0.2, 0.25) is 10.0 Å². The first kappa shape index (κ1) is 19.9. The van der Waals surface area contributed by atoms with Crippen molar-refractivity contribution in [1.82, 2.24) is 9.21 Å². The van der Waals surface area contributed by atoms with Gasteiger partial charge in [-0.1, -0.05) is 25.3 Å². The molecule has 2 aliphatic heterocycles. The zero-order chi connectivity index (χ0) is 19.7. The van der Waals surface area contributed by atoms with Crippen LogP contribution in [0.1, 0.15) is 48.0 Å². The highest BCUT2D eigenvalue weighted by atomic mass is 32.2. The molecule has 0 radical (unpaired) electrons. The summed E-state index contributed by atoms with van der Waals surface area (Å²) in [5.41, 5.74) is 1.35. The second kappa shape index (κ2) is 8.13. The topological polar surface area (TPSA) is 66.9 Å². The summed E-state index contributed by atoms with van der Waals surface area (Å²) in [4.78, 5) is 15.4. The van der Waals surface area contributed by atoms with Gasteiger partial charge in [-0.3, -0.25) is 4.79 Å². The Morgan fingerprint density at radius 1 is 1.04 bits per heavy atom. The summed E-state index contributed by atoms with van der Waals surface area (Å²) in [6.07, 6.45) is 6.14. The van der Waals surface area contributed by atoms with Crippen molar-refractivity contribution in [3.8, 4) is 0 Å². The largest absolute Gasteiger partial charge is 0.379 e. The maximum atomic E-state index is 13.2. The van der Waals surface area contributed by atoms with E-state index in [0.717, 1.165) is 31.0 Å². The Bertz CT molecular complexity index is 833. The predicted octanol–water partition coefficient (Wildman–Crippen LogP) is 2.67. The highest BCUT2D eigenvalue weighted by Gasteiger charge is 2.34. The van der Waals surface area contributed by atoms with Crippen LogP contribution >= 0.6 is 0 Å². The number of nitrogens with zero attached hydrogens (tertiary/aromatic N) is 2. The van der Waals surface area contributed by atoms with Crippen LogP contribution in [-0.4, -0.2) is 62.9 Å². The van der Waals surface area contributed by atoms with Gasteiger partial charge >= 0.3 is 0 Å². The van der Waals surface area contributed by atoms with Crippen molar-refractivity contribution in [2.75, 3.05) is 39.4 Å². The van der Waals surface area contributed by atoms with Gasteiger partial charge in [0.15, 0.2) is 0 Å². The second-order valence-corrected chi connectivity index (χ2v) is 10.3. The minimum atomic E-state index is -3.60. The first-order valence-corrected chi connectivity index (χ1v) is 11.9. The van der Waals surface area contributed by atoms with Crippen LogP contribution in [0.2, 0.25) is 0 Å². The molecule has 1 amide bonds. The van der Waals surface area contributed by atoms with E-state index in [2.05, 4.69) is 0 Å². The van der Waals surface area contributed by atoms with E-state index in [-0.39, 0.29) is 10.8 Å². The van der Waals surface area contributed by atoms with Crippen molar-refractivity contribution in [1.29, 1.82) is 0 Å². The third-order valence-electron chi connectivity index (χ3n) is 6.63. The minimum absolute atomic E-state index is 0.0273. The van der Waals surface area contributed by atoms with Gasteiger partial charge in [0, 0.05) is 31.7 Å². The van der Waals surface area contributed by atoms with Crippen LogP contribution < -0.4 is 0 Å². The summed E-state index contributed by atoms with van der Waals surface area (Å²) in [6, 6.07) is 4.95. The molecular formula is C21H30N2O4S. The number of likely N-dealkylation sites (tertiary alicyclic amines) is 1. The number of hydrogen-bond donors (Lipinski definition) is 0. The highest BCUT2D eigenvalue weighted by molar-refractivity contribution is 7.89. The number of aryl methyl sites for hydroxylation is 1. The van der Waals surface area contributed by atoms with Crippen molar-refractivity contribution >= 4 is 15.9 Å². The van der Waals surface area contributed by atoms with Crippen LogP contribution in [0, 0.1) is 18.8 Å². The average molecular weight is 407 g/mol. The van der Waals surface area contributed by atoms with Crippen molar-refractivity contribution in [3.63, 3.8) is 0 Å². The summed E-state index contributed by atoms with van der Waals surface area (Å²) < 4.78 is 32.7. The van der Waals surface area contributed by atoms with E-state index in [9.17, 15) is 13.2 Å². The smallest absolute Gasteiger partial charge is 0.254 e. The molecule has 4 rings (SSSR count). The van der Waals surface area contributed by atoms with E-state index in [1.54, 1.807) is 18.2 Å². The summed E-state index contributed by atoms with van der Waals surface area (Å²) in [5.74, 6) is 1.33. The summed E-state index contributed by atoms with van der Waals surface area (Å²) in [5, 5.41) is 0. The first-order chi connectivity index (χ1) is 13.5. The molecule has 3 fully saturated rings. The fraction of sp³-hybridized carbons (Fsp3) is 0.667. The lowest BCUT2D eigenvalue weighted by Gasteiger charge is -2.41. The molecule has 0 bridgehead atoms.